The van der Waals surface area contributed by atoms with E-state index in [4.69, 9.17) is 11.1 Å². The average Bonchev–Trinajstić information content (AvgIpc) is 3.59. The molecule has 0 saturated heterocycles. The van der Waals surface area contributed by atoms with E-state index in [9.17, 15) is 0 Å². The summed E-state index contributed by atoms with van der Waals surface area (Å²) in [5, 5.41) is 4.26. The van der Waals surface area contributed by atoms with Crippen LogP contribution in [0.4, 0.5) is 11.4 Å². The molecule has 0 saturated carbocycles. The molecule has 0 N–H and O–H groups in total. The molecule has 7 rings (SSSR count). The van der Waals surface area contributed by atoms with Crippen molar-refractivity contribution in [1.82, 2.24) is 10.1 Å². The molecule has 1 aromatic heterocycles. The van der Waals surface area contributed by atoms with Crippen molar-refractivity contribution in [3.05, 3.63) is 193 Å². The molecular formula is C40H31N3O. The lowest BCUT2D eigenvalue weighted by Gasteiger charge is -2.40. The predicted octanol–water partition coefficient (Wildman–Crippen LogP) is 9.56. The van der Waals surface area contributed by atoms with Gasteiger partial charge in [0.15, 0.2) is 0 Å². The van der Waals surface area contributed by atoms with Crippen molar-refractivity contribution in [1.29, 1.82) is 0 Å². The number of fused-ring (bicyclic) bond motifs is 1. The predicted molar refractivity (Wildman–Crippen MR) is 179 cm³/mol. The van der Waals surface area contributed by atoms with Crippen LogP contribution in [0.1, 0.15) is 16.7 Å². The van der Waals surface area contributed by atoms with Crippen LogP contribution >= 0.6 is 0 Å². The van der Waals surface area contributed by atoms with Crippen molar-refractivity contribution in [3.63, 3.8) is 0 Å². The van der Waals surface area contributed by atoms with Gasteiger partial charge in [-0.05, 0) is 64.7 Å². The van der Waals surface area contributed by atoms with Gasteiger partial charge in [-0.15, -0.1) is 0 Å². The molecular weight excluding hydrogens is 538 g/mol. The summed E-state index contributed by atoms with van der Waals surface area (Å²) in [6.45, 7) is 5.39. The number of para-hydroxylation sites is 1. The highest BCUT2D eigenvalue weighted by Gasteiger charge is 2.40. The maximum atomic E-state index is 5.58. The Hall–Kier alpha value is -5.74. The molecule has 0 unspecified atom stereocenters. The lowest BCUT2D eigenvalue weighted by atomic mass is 9.64. The van der Waals surface area contributed by atoms with Gasteiger partial charge >= 0.3 is 0 Å². The fourth-order valence-corrected chi connectivity index (χ4v) is 6.14. The van der Waals surface area contributed by atoms with Crippen molar-refractivity contribution < 1.29 is 4.52 Å². The first-order valence-corrected chi connectivity index (χ1v) is 14.8. The Bertz CT molecular complexity index is 1900. The summed E-state index contributed by atoms with van der Waals surface area (Å²) in [4.78, 5) is 7.01. The van der Waals surface area contributed by atoms with Crippen LogP contribution in [0.15, 0.2) is 181 Å². The zero-order valence-corrected chi connectivity index (χ0v) is 24.3. The molecule has 212 valence electrons. The first kappa shape index (κ1) is 27.1. The summed E-state index contributed by atoms with van der Waals surface area (Å²) >= 11 is 0. The quantitative estimate of drug-likeness (QED) is 0.207. The molecule has 5 aromatic carbocycles. The summed E-state index contributed by atoms with van der Waals surface area (Å²) < 4.78 is 5.58. The van der Waals surface area contributed by atoms with E-state index in [0.717, 1.165) is 33.6 Å². The van der Waals surface area contributed by atoms with E-state index in [1.165, 1.54) is 11.1 Å². The van der Waals surface area contributed by atoms with E-state index in [1.807, 2.05) is 30.3 Å². The van der Waals surface area contributed by atoms with E-state index < -0.39 is 5.41 Å². The molecule has 1 aliphatic rings. The Morgan fingerprint density at radius 2 is 1.25 bits per heavy atom. The molecule has 1 aliphatic heterocycles. The van der Waals surface area contributed by atoms with Gasteiger partial charge in [0.1, 0.15) is 0 Å². The van der Waals surface area contributed by atoms with Crippen LogP contribution in [0.2, 0.25) is 0 Å². The molecule has 0 radical (unpaired) electrons. The van der Waals surface area contributed by atoms with Crippen molar-refractivity contribution in [2.45, 2.75) is 5.41 Å². The van der Waals surface area contributed by atoms with Gasteiger partial charge in [0, 0.05) is 29.0 Å². The molecule has 2 heterocycles. The third-order valence-corrected chi connectivity index (χ3v) is 8.21. The fourth-order valence-electron chi connectivity index (χ4n) is 6.14. The third kappa shape index (κ3) is 4.87. The van der Waals surface area contributed by atoms with Gasteiger partial charge in [-0.1, -0.05) is 133 Å². The molecule has 0 spiro atoms. The second-order valence-corrected chi connectivity index (χ2v) is 10.8. The normalized spacial score (nSPS) is 15.7. The Balaban J connectivity index is 1.36. The topological polar surface area (TPSA) is 42.2 Å². The van der Waals surface area contributed by atoms with E-state index >= 15 is 0 Å². The Kier molecular flexibility index (Phi) is 7.31. The van der Waals surface area contributed by atoms with Gasteiger partial charge in [-0.3, -0.25) is 0 Å². The number of hydrogen-bond acceptors (Lipinski definition) is 4. The van der Waals surface area contributed by atoms with E-state index in [0.29, 0.717) is 18.3 Å². The SMILES string of the molecule is C=C1/C=C\C=C/CN(c2ccc(-c3noc(-c4ccccc4)n3)cc2)c2ccccc2C1(c1ccccc1)c1ccccc1. The molecule has 0 aliphatic carbocycles. The molecule has 6 aromatic rings. The van der Waals surface area contributed by atoms with Gasteiger partial charge in [0.25, 0.3) is 5.89 Å². The standard InChI is InChI=1S/C40H31N3O/c1-30-16-6-5-15-29-43(35-27-25-31(26-28-35)38-41-39(44-42-38)32-17-7-2-8-18-32)37-24-14-13-23-36(37)40(30,33-19-9-3-10-20-33)34-21-11-4-12-22-34/h2-28H,1,29H2/b15-5-,16-6-. The number of allylic oxidation sites excluding steroid dienone is 4. The number of aromatic nitrogens is 2. The number of rotatable bonds is 5. The largest absolute Gasteiger partial charge is 0.337 e. The zero-order chi connectivity index (χ0) is 29.8. The number of benzene rings is 5. The van der Waals surface area contributed by atoms with Gasteiger partial charge in [0.2, 0.25) is 5.82 Å². The number of nitrogens with zero attached hydrogens (tertiary/aromatic N) is 3. The molecule has 44 heavy (non-hydrogen) atoms. The van der Waals surface area contributed by atoms with Crippen molar-refractivity contribution >= 4 is 11.4 Å². The number of anilines is 2. The summed E-state index contributed by atoms with van der Waals surface area (Å²) in [6, 6.07) is 48.3. The minimum Gasteiger partial charge on any atom is -0.337 e. The second-order valence-electron chi connectivity index (χ2n) is 10.8. The third-order valence-electron chi connectivity index (χ3n) is 8.21. The Labute approximate surface area is 258 Å². The first-order chi connectivity index (χ1) is 21.7. The highest BCUT2D eigenvalue weighted by Crippen LogP contribution is 2.49. The molecule has 0 bridgehead atoms. The highest BCUT2D eigenvalue weighted by atomic mass is 16.5. The van der Waals surface area contributed by atoms with Gasteiger partial charge in [-0.25, -0.2) is 0 Å². The minimum atomic E-state index is -0.614. The van der Waals surface area contributed by atoms with Crippen molar-refractivity contribution in [2.24, 2.45) is 0 Å². The monoisotopic (exact) mass is 569 g/mol. The Morgan fingerprint density at radius 1 is 0.636 bits per heavy atom. The van der Waals surface area contributed by atoms with Crippen LogP contribution in [0.25, 0.3) is 22.8 Å². The van der Waals surface area contributed by atoms with E-state index in [1.54, 1.807) is 0 Å². The van der Waals surface area contributed by atoms with Crippen LogP contribution in [0.5, 0.6) is 0 Å². The van der Waals surface area contributed by atoms with Crippen LogP contribution in [0, 0.1) is 0 Å². The van der Waals surface area contributed by atoms with Crippen LogP contribution in [0.3, 0.4) is 0 Å². The highest BCUT2D eigenvalue weighted by molar-refractivity contribution is 5.76. The van der Waals surface area contributed by atoms with E-state index in [2.05, 4.69) is 149 Å². The van der Waals surface area contributed by atoms with Crippen LogP contribution in [-0.2, 0) is 5.41 Å². The summed E-state index contributed by atoms with van der Waals surface area (Å²) in [6.07, 6.45) is 8.52. The maximum Gasteiger partial charge on any atom is 0.258 e. The fraction of sp³-hybridized carbons (Fsp3) is 0.0500. The molecule has 0 fully saturated rings. The van der Waals surface area contributed by atoms with Crippen molar-refractivity contribution in [3.8, 4) is 22.8 Å². The molecule has 0 amide bonds. The molecule has 4 heteroatoms. The maximum absolute atomic E-state index is 5.58. The average molecular weight is 570 g/mol. The van der Waals surface area contributed by atoms with Gasteiger partial charge < -0.3 is 9.42 Å². The smallest absolute Gasteiger partial charge is 0.258 e. The second kappa shape index (κ2) is 11.9. The minimum absolute atomic E-state index is 0.506. The van der Waals surface area contributed by atoms with Crippen molar-refractivity contribution in [2.75, 3.05) is 11.4 Å². The summed E-state index contributed by atoms with van der Waals surface area (Å²) in [5.41, 5.74) is 7.84. The molecule has 4 nitrogen and oxygen atoms in total. The lowest BCUT2D eigenvalue weighted by molar-refractivity contribution is 0.432. The summed E-state index contributed by atoms with van der Waals surface area (Å²) in [7, 11) is 0. The zero-order valence-electron chi connectivity index (χ0n) is 24.3. The Morgan fingerprint density at radius 3 is 1.93 bits per heavy atom. The van der Waals surface area contributed by atoms with Gasteiger partial charge in [0.05, 0.1) is 5.41 Å². The van der Waals surface area contributed by atoms with E-state index in [-0.39, 0.29) is 0 Å². The lowest BCUT2D eigenvalue weighted by Crippen LogP contribution is -2.33. The number of hydrogen-bond donors (Lipinski definition) is 0. The summed E-state index contributed by atoms with van der Waals surface area (Å²) in [5.74, 6) is 1.07. The van der Waals surface area contributed by atoms with Crippen LogP contribution in [-0.4, -0.2) is 16.7 Å². The van der Waals surface area contributed by atoms with Gasteiger partial charge in [-0.2, -0.15) is 4.98 Å². The van der Waals surface area contributed by atoms with Crippen LogP contribution < -0.4 is 4.90 Å². The first-order valence-electron chi connectivity index (χ1n) is 14.8. The molecule has 0 atom stereocenters.